The molecule has 1 heterocycles. The molecule has 4 nitrogen and oxygen atoms in total. The zero-order valence-corrected chi connectivity index (χ0v) is 14.2. The van der Waals surface area contributed by atoms with Crippen LogP contribution >= 0.6 is 0 Å². The molecule has 1 aliphatic rings. The molecule has 5 heteroatoms. The van der Waals surface area contributed by atoms with Crippen molar-refractivity contribution in [1.82, 2.24) is 5.32 Å². The van der Waals surface area contributed by atoms with Crippen molar-refractivity contribution in [3.63, 3.8) is 0 Å². The predicted octanol–water partition coefficient (Wildman–Crippen LogP) is 3.46. The van der Waals surface area contributed by atoms with Crippen molar-refractivity contribution in [3.8, 4) is 0 Å². The molecule has 0 aromatic heterocycles. The molecular formula is C20H21FN2O2. The minimum atomic E-state index is -0.971. The Morgan fingerprint density at radius 1 is 1.20 bits per heavy atom. The first kappa shape index (κ1) is 17.1. The van der Waals surface area contributed by atoms with Gasteiger partial charge >= 0.3 is 0 Å². The standard InChI is InChI=1S/C20H21FN2O2/c1-20(14-18(23-25-20)16-7-3-2-4-8-16)19(24)22-13-5-6-15-9-11-17(21)12-10-15/h2-4,7-12H,5-6,13-14H2,1H3,(H,22,24). The van der Waals surface area contributed by atoms with Crippen LogP contribution in [0, 0.1) is 5.82 Å². The highest BCUT2D eigenvalue weighted by Crippen LogP contribution is 2.26. The third-order valence-corrected chi connectivity index (χ3v) is 4.29. The molecular weight excluding hydrogens is 319 g/mol. The molecule has 25 heavy (non-hydrogen) atoms. The number of hydrogen-bond donors (Lipinski definition) is 1. The maximum absolute atomic E-state index is 12.9. The van der Waals surface area contributed by atoms with E-state index in [2.05, 4.69) is 10.5 Å². The van der Waals surface area contributed by atoms with Crippen LogP contribution in [0.25, 0.3) is 0 Å². The number of nitrogens with zero attached hydrogens (tertiary/aromatic N) is 1. The molecule has 1 atom stereocenters. The van der Waals surface area contributed by atoms with E-state index in [1.807, 2.05) is 30.3 Å². The summed E-state index contributed by atoms with van der Waals surface area (Å²) in [5, 5.41) is 6.99. The number of hydrogen-bond acceptors (Lipinski definition) is 3. The first-order valence-electron chi connectivity index (χ1n) is 8.40. The Bertz CT molecular complexity index is 759. The zero-order chi connectivity index (χ0) is 17.7. The molecule has 0 fully saturated rings. The van der Waals surface area contributed by atoms with Crippen LogP contribution in [0.5, 0.6) is 0 Å². The highest BCUT2D eigenvalue weighted by atomic mass is 19.1. The van der Waals surface area contributed by atoms with Gasteiger partial charge in [-0.15, -0.1) is 0 Å². The monoisotopic (exact) mass is 340 g/mol. The van der Waals surface area contributed by atoms with Gasteiger partial charge in [-0.25, -0.2) is 4.39 Å². The van der Waals surface area contributed by atoms with Crippen LogP contribution in [-0.4, -0.2) is 23.8 Å². The summed E-state index contributed by atoms with van der Waals surface area (Å²) < 4.78 is 12.9. The summed E-state index contributed by atoms with van der Waals surface area (Å²) in [6, 6.07) is 16.1. The van der Waals surface area contributed by atoms with Crippen LogP contribution < -0.4 is 5.32 Å². The summed E-state index contributed by atoms with van der Waals surface area (Å²) in [7, 11) is 0. The summed E-state index contributed by atoms with van der Waals surface area (Å²) in [6.45, 7) is 2.29. The van der Waals surface area contributed by atoms with Crippen molar-refractivity contribution in [2.45, 2.75) is 31.8 Å². The number of carbonyl (C=O) groups is 1. The fourth-order valence-electron chi connectivity index (χ4n) is 2.78. The number of amides is 1. The Labute approximate surface area is 146 Å². The summed E-state index contributed by atoms with van der Waals surface area (Å²) in [5.74, 6) is -0.404. The summed E-state index contributed by atoms with van der Waals surface area (Å²) in [6.07, 6.45) is 2.00. The van der Waals surface area contributed by atoms with E-state index in [1.54, 1.807) is 19.1 Å². The molecule has 1 N–H and O–H groups in total. The summed E-state index contributed by atoms with van der Waals surface area (Å²) in [4.78, 5) is 17.9. The van der Waals surface area contributed by atoms with Gasteiger partial charge in [0.15, 0.2) is 0 Å². The quantitative estimate of drug-likeness (QED) is 0.819. The van der Waals surface area contributed by atoms with E-state index in [-0.39, 0.29) is 11.7 Å². The molecule has 0 spiro atoms. The molecule has 130 valence electrons. The fourth-order valence-corrected chi connectivity index (χ4v) is 2.78. The van der Waals surface area contributed by atoms with Crippen molar-refractivity contribution >= 4 is 11.6 Å². The van der Waals surface area contributed by atoms with E-state index in [0.717, 1.165) is 29.7 Å². The molecule has 2 aromatic carbocycles. The topological polar surface area (TPSA) is 50.7 Å². The maximum atomic E-state index is 12.9. The smallest absolute Gasteiger partial charge is 0.267 e. The van der Waals surface area contributed by atoms with Gasteiger partial charge in [0.25, 0.3) is 5.91 Å². The lowest BCUT2D eigenvalue weighted by Crippen LogP contribution is -2.45. The highest BCUT2D eigenvalue weighted by molar-refractivity contribution is 6.05. The van der Waals surface area contributed by atoms with Gasteiger partial charge in [-0.2, -0.15) is 0 Å². The Morgan fingerprint density at radius 2 is 1.92 bits per heavy atom. The van der Waals surface area contributed by atoms with Crippen LogP contribution in [0.4, 0.5) is 4.39 Å². The number of aryl methyl sites for hydroxylation is 1. The van der Waals surface area contributed by atoms with Crippen LogP contribution in [-0.2, 0) is 16.1 Å². The lowest BCUT2D eigenvalue weighted by Gasteiger charge is -2.20. The van der Waals surface area contributed by atoms with E-state index < -0.39 is 5.60 Å². The van der Waals surface area contributed by atoms with E-state index in [1.165, 1.54) is 12.1 Å². The average molecular weight is 340 g/mol. The van der Waals surface area contributed by atoms with E-state index in [0.29, 0.717) is 13.0 Å². The molecule has 1 aliphatic heterocycles. The number of nitrogens with one attached hydrogen (secondary N) is 1. The molecule has 0 aliphatic carbocycles. The fraction of sp³-hybridized carbons (Fsp3) is 0.300. The molecule has 3 rings (SSSR count). The van der Waals surface area contributed by atoms with Crippen LogP contribution in [0.3, 0.4) is 0 Å². The van der Waals surface area contributed by atoms with Crippen molar-refractivity contribution in [1.29, 1.82) is 0 Å². The van der Waals surface area contributed by atoms with Gasteiger partial charge in [0, 0.05) is 13.0 Å². The SMILES string of the molecule is CC1(C(=O)NCCCc2ccc(F)cc2)CC(c2ccccc2)=NO1. The first-order valence-corrected chi connectivity index (χ1v) is 8.40. The van der Waals surface area contributed by atoms with Crippen molar-refractivity contribution in [2.24, 2.45) is 5.16 Å². The normalized spacial score (nSPS) is 19.2. The van der Waals surface area contributed by atoms with Gasteiger partial charge in [0.05, 0.1) is 5.71 Å². The number of halogens is 1. The Kier molecular flexibility index (Phi) is 5.12. The van der Waals surface area contributed by atoms with Gasteiger partial charge in [-0.05, 0) is 43.0 Å². The number of rotatable bonds is 6. The second-order valence-corrected chi connectivity index (χ2v) is 6.39. The third kappa shape index (κ3) is 4.24. The minimum Gasteiger partial charge on any atom is -0.379 e. The van der Waals surface area contributed by atoms with Gasteiger partial charge in [-0.3, -0.25) is 4.79 Å². The Hall–Kier alpha value is -2.69. The molecule has 0 saturated carbocycles. The predicted molar refractivity (Wildman–Crippen MR) is 94.8 cm³/mol. The number of carbonyl (C=O) groups excluding carboxylic acids is 1. The largest absolute Gasteiger partial charge is 0.379 e. The first-order chi connectivity index (χ1) is 12.1. The number of oxime groups is 1. The second-order valence-electron chi connectivity index (χ2n) is 6.39. The summed E-state index contributed by atoms with van der Waals surface area (Å²) in [5.41, 5.74) is 1.83. The molecule has 0 radical (unpaired) electrons. The maximum Gasteiger partial charge on any atom is 0.267 e. The summed E-state index contributed by atoms with van der Waals surface area (Å²) >= 11 is 0. The van der Waals surface area contributed by atoms with Gasteiger partial charge in [0.2, 0.25) is 5.60 Å². The minimum absolute atomic E-state index is 0.165. The lowest BCUT2D eigenvalue weighted by molar-refractivity contribution is -0.141. The Balaban J connectivity index is 1.46. The van der Waals surface area contributed by atoms with E-state index in [4.69, 9.17) is 4.84 Å². The van der Waals surface area contributed by atoms with Crippen LogP contribution in [0.2, 0.25) is 0 Å². The zero-order valence-electron chi connectivity index (χ0n) is 14.2. The van der Waals surface area contributed by atoms with Crippen LogP contribution in [0.15, 0.2) is 59.8 Å². The van der Waals surface area contributed by atoms with Crippen LogP contribution in [0.1, 0.15) is 30.9 Å². The van der Waals surface area contributed by atoms with Gasteiger partial charge in [0.1, 0.15) is 5.82 Å². The van der Waals surface area contributed by atoms with Crippen molar-refractivity contribution < 1.29 is 14.0 Å². The van der Waals surface area contributed by atoms with Gasteiger partial charge < -0.3 is 10.2 Å². The van der Waals surface area contributed by atoms with E-state index in [9.17, 15) is 9.18 Å². The van der Waals surface area contributed by atoms with Crippen molar-refractivity contribution in [3.05, 3.63) is 71.5 Å². The van der Waals surface area contributed by atoms with E-state index >= 15 is 0 Å². The van der Waals surface area contributed by atoms with Gasteiger partial charge in [-0.1, -0.05) is 47.6 Å². The molecule has 1 unspecified atom stereocenters. The molecule has 0 saturated heterocycles. The lowest BCUT2D eigenvalue weighted by atomic mass is 9.95. The Morgan fingerprint density at radius 3 is 2.64 bits per heavy atom. The molecule has 1 amide bonds. The second kappa shape index (κ2) is 7.47. The van der Waals surface area contributed by atoms with Crippen molar-refractivity contribution in [2.75, 3.05) is 6.54 Å². The third-order valence-electron chi connectivity index (χ3n) is 4.29. The average Bonchev–Trinajstić information content (AvgIpc) is 3.04. The molecule has 0 bridgehead atoms. The molecule has 2 aromatic rings. The number of benzene rings is 2. The highest BCUT2D eigenvalue weighted by Gasteiger charge is 2.41.